The lowest BCUT2D eigenvalue weighted by atomic mass is 10.0. The van der Waals surface area contributed by atoms with Gasteiger partial charge in [0.1, 0.15) is 17.6 Å². The van der Waals surface area contributed by atoms with E-state index < -0.39 is 0 Å². The number of carbonyl (C=O) groups is 1. The lowest BCUT2D eigenvalue weighted by Crippen LogP contribution is -2.16. The first-order valence-corrected chi connectivity index (χ1v) is 9.43. The van der Waals surface area contributed by atoms with Gasteiger partial charge < -0.3 is 14.1 Å². The third kappa shape index (κ3) is 3.84. The summed E-state index contributed by atoms with van der Waals surface area (Å²) in [5.74, 6) is 1.09. The Morgan fingerprint density at radius 1 is 1.36 bits per heavy atom. The SMILES string of the molecule is C/C=N\C(C)=C(\c1ccc(Oc2nccc3occ(Br)c23)cc1C)N(C)C=O. The first-order chi connectivity index (χ1) is 13.5. The number of aromatic nitrogens is 1. The summed E-state index contributed by atoms with van der Waals surface area (Å²) in [6, 6.07) is 7.45. The molecule has 2 heterocycles. The molecule has 2 aromatic heterocycles. The molecule has 7 heteroatoms. The normalized spacial score (nSPS) is 12.3. The van der Waals surface area contributed by atoms with Gasteiger partial charge in [0.25, 0.3) is 0 Å². The number of nitrogens with zero attached hydrogens (tertiary/aromatic N) is 3. The van der Waals surface area contributed by atoms with Crippen LogP contribution in [0.15, 0.2) is 56.3 Å². The number of furan rings is 1. The van der Waals surface area contributed by atoms with E-state index in [9.17, 15) is 4.79 Å². The molecule has 0 bridgehead atoms. The van der Waals surface area contributed by atoms with Crippen LogP contribution in [0.25, 0.3) is 16.7 Å². The number of benzene rings is 1. The van der Waals surface area contributed by atoms with Crippen molar-refractivity contribution < 1.29 is 13.9 Å². The molecule has 28 heavy (non-hydrogen) atoms. The summed E-state index contributed by atoms with van der Waals surface area (Å²) < 4.78 is 12.3. The van der Waals surface area contributed by atoms with Crippen molar-refractivity contribution in [3.05, 3.63) is 58.0 Å². The van der Waals surface area contributed by atoms with E-state index in [1.54, 1.807) is 31.8 Å². The van der Waals surface area contributed by atoms with Crippen molar-refractivity contribution in [2.75, 3.05) is 7.05 Å². The second kappa shape index (κ2) is 8.39. The van der Waals surface area contributed by atoms with E-state index in [4.69, 9.17) is 9.15 Å². The predicted molar refractivity (Wildman–Crippen MR) is 114 cm³/mol. The van der Waals surface area contributed by atoms with Crippen LogP contribution in [0.3, 0.4) is 0 Å². The number of pyridine rings is 1. The molecule has 0 aliphatic heterocycles. The molecule has 1 amide bonds. The van der Waals surface area contributed by atoms with Crippen LogP contribution < -0.4 is 4.74 Å². The zero-order valence-electron chi connectivity index (χ0n) is 16.1. The summed E-state index contributed by atoms with van der Waals surface area (Å²) in [5, 5.41) is 0.777. The maximum Gasteiger partial charge on any atom is 0.231 e. The van der Waals surface area contributed by atoms with Crippen molar-refractivity contribution in [2.45, 2.75) is 20.8 Å². The van der Waals surface area contributed by atoms with Gasteiger partial charge >= 0.3 is 0 Å². The fourth-order valence-electron chi connectivity index (χ4n) is 3.02. The number of hydrogen-bond donors (Lipinski definition) is 0. The third-order valence-corrected chi connectivity index (χ3v) is 4.83. The van der Waals surface area contributed by atoms with Gasteiger partial charge in [-0.2, -0.15) is 0 Å². The van der Waals surface area contributed by atoms with E-state index >= 15 is 0 Å². The van der Waals surface area contributed by atoms with E-state index in [0.717, 1.165) is 38.8 Å². The van der Waals surface area contributed by atoms with Crippen LogP contribution in [0.1, 0.15) is 25.0 Å². The number of ether oxygens (including phenoxy) is 1. The molecule has 0 N–H and O–H groups in total. The Bertz CT molecular complexity index is 1090. The topological polar surface area (TPSA) is 67.9 Å². The van der Waals surface area contributed by atoms with Crippen molar-refractivity contribution in [2.24, 2.45) is 4.99 Å². The molecule has 3 rings (SSSR count). The van der Waals surface area contributed by atoms with Crippen LogP contribution in [0.4, 0.5) is 0 Å². The summed E-state index contributed by atoms with van der Waals surface area (Å²) >= 11 is 3.46. The number of allylic oxidation sites excluding steroid dienone is 1. The molecule has 0 saturated heterocycles. The molecule has 6 nitrogen and oxygen atoms in total. The summed E-state index contributed by atoms with van der Waals surface area (Å²) in [7, 11) is 1.71. The Hall–Kier alpha value is -2.93. The maximum atomic E-state index is 11.4. The van der Waals surface area contributed by atoms with Gasteiger partial charge in [-0.15, -0.1) is 0 Å². The van der Waals surface area contributed by atoms with Crippen LogP contribution in [-0.4, -0.2) is 29.6 Å². The molecular formula is C21H20BrN3O3. The number of fused-ring (bicyclic) bond motifs is 1. The molecular weight excluding hydrogens is 422 g/mol. The van der Waals surface area contributed by atoms with E-state index in [-0.39, 0.29) is 0 Å². The highest BCUT2D eigenvalue weighted by Gasteiger charge is 2.16. The molecule has 0 radical (unpaired) electrons. The number of hydrogen-bond acceptors (Lipinski definition) is 5. The fourth-order valence-corrected chi connectivity index (χ4v) is 3.48. The number of carbonyl (C=O) groups excluding carboxylic acids is 1. The van der Waals surface area contributed by atoms with Crippen molar-refractivity contribution in [3.8, 4) is 11.6 Å². The lowest BCUT2D eigenvalue weighted by molar-refractivity contribution is -0.114. The highest BCUT2D eigenvalue weighted by Crippen LogP contribution is 2.36. The smallest absolute Gasteiger partial charge is 0.231 e. The average molecular weight is 442 g/mol. The van der Waals surface area contributed by atoms with E-state index in [0.29, 0.717) is 17.2 Å². The van der Waals surface area contributed by atoms with Gasteiger partial charge in [0, 0.05) is 31.1 Å². The fraction of sp³-hybridized carbons (Fsp3) is 0.190. The first-order valence-electron chi connectivity index (χ1n) is 8.64. The van der Waals surface area contributed by atoms with E-state index in [1.807, 2.05) is 39.0 Å². The Labute approximate surface area is 171 Å². The molecule has 0 atom stereocenters. The zero-order chi connectivity index (χ0) is 20.3. The number of amides is 1. The standard InChI is InChI=1S/C21H20BrN3O3/c1-5-23-14(3)20(25(4)12-26)16-7-6-15(10-13(16)2)28-21-19-17(22)11-27-18(19)8-9-24-21/h5-12H,1-4H3/b20-14-,23-5-. The van der Waals surface area contributed by atoms with Crippen LogP contribution in [-0.2, 0) is 4.79 Å². The van der Waals surface area contributed by atoms with Crippen LogP contribution in [0.2, 0.25) is 0 Å². The molecule has 144 valence electrons. The second-order valence-electron chi connectivity index (χ2n) is 6.19. The number of aliphatic imine (C=N–C) groups is 1. The Morgan fingerprint density at radius 3 is 2.82 bits per heavy atom. The minimum absolute atomic E-state index is 0.456. The maximum absolute atomic E-state index is 11.4. The second-order valence-corrected chi connectivity index (χ2v) is 7.04. The molecule has 3 aromatic rings. The van der Waals surface area contributed by atoms with Gasteiger partial charge in [0.05, 0.1) is 21.3 Å². The van der Waals surface area contributed by atoms with Gasteiger partial charge in [-0.1, -0.05) is 0 Å². The summed E-state index contributed by atoms with van der Waals surface area (Å²) in [4.78, 5) is 21.6. The third-order valence-electron chi connectivity index (χ3n) is 4.25. The Morgan fingerprint density at radius 2 is 2.14 bits per heavy atom. The Kier molecular flexibility index (Phi) is 5.94. The molecule has 0 spiro atoms. The number of aryl methyl sites for hydroxylation is 1. The summed E-state index contributed by atoms with van der Waals surface area (Å²) in [5.41, 5.74) is 4.04. The molecule has 0 unspecified atom stereocenters. The molecule has 0 aliphatic carbocycles. The van der Waals surface area contributed by atoms with Gasteiger partial charge in [-0.3, -0.25) is 9.79 Å². The highest BCUT2D eigenvalue weighted by molar-refractivity contribution is 9.10. The van der Waals surface area contributed by atoms with Gasteiger partial charge in [0.2, 0.25) is 12.3 Å². The molecule has 0 aliphatic rings. The minimum Gasteiger partial charge on any atom is -0.463 e. The zero-order valence-corrected chi connectivity index (χ0v) is 17.6. The molecule has 0 fully saturated rings. The van der Waals surface area contributed by atoms with Gasteiger partial charge in [-0.25, -0.2) is 4.98 Å². The van der Waals surface area contributed by atoms with Crippen LogP contribution in [0.5, 0.6) is 11.6 Å². The molecule has 0 saturated carbocycles. The first kappa shape index (κ1) is 19.8. The largest absolute Gasteiger partial charge is 0.463 e. The van der Waals surface area contributed by atoms with Gasteiger partial charge in [-0.05, 0) is 60.5 Å². The summed E-state index contributed by atoms with van der Waals surface area (Å²) in [6.45, 7) is 5.68. The summed E-state index contributed by atoms with van der Waals surface area (Å²) in [6.07, 6.45) is 5.72. The van der Waals surface area contributed by atoms with Crippen LogP contribution in [0, 0.1) is 6.92 Å². The van der Waals surface area contributed by atoms with Crippen molar-refractivity contribution in [1.82, 2.24) is 9.88 Å². The number of halogens is 1. The quantitative estimate of drug-likeness (QED) is 0.370. The van der Waals surface area contributed by atoms with E-state index in [1.165, 1.54) is 4.90 Å². The molecule has 1 aromatic carbocycles. The van der Waals surface area contributed by atoms with Crippen molar-refractivity contribution >= 4 is 45.2 Å². The highest BCUT2D eigenvalue weighted by atomic mass is 79.9. The lowest BCUT2D eigenvalue weighted by Gasteiger charge is -2.20. The monoisotopic (exact) mass is 441 g/mol. The average Bonchev–Trinajstić information content (AvgIpc) is 3.06. The predicted octanol–water partition coefficient (Wildman–Crippen LogP) is 5.56. The van der Waals surface area contributed by atoms with Crippen molar-refractivity contribution in [3.63, 3.8) is 0 Å². The number of rotatable bonds is 6. The Balaban J connectivity index is 2.01. The van der Waals surface area contributed by atoms with Crippen molar-refractivity contribution in [1.29, 1.82) is 0 Å². The van der Waals surface area contributed by atoms with E-state index in [2.05, 4.69) is 25.9 Å². The van der Waals surface area contributed by atoms with Crippen LogP contribution >= 0.6 is 15.9 Å². The minimum atomic E-state index is 0.456. The van der Waals surface area contributed by atoms with Gasteiger partial charge in [0.15, 0.2) is 0 Å².